The highest BCUT2D eigenvalue weighted by molar-refractivity contribution is 5.83. The number of hydrogen-bond acceptors (Lipinski definition) is 5. The first-order chi connectivity index (χ1) is 11.3. The molecule has 0 saturated carbocycles. The van der Waals surface area contributed by atoms with E-state index in [0.29, 0.717) is 29.5 Å². The molecule has 6 nitrogen and oxygen atoms in total. The van der Waals surface area contributed by atoms with Gasteiger partial charge in [-0.2, -0.15) is 4.98 Å². The number of hydrogen-bond donors (Lipinski definition) is 1. The van der Waals surface area contributed by atoms with Gasteiger partial charge in [0.2, 0.25) is 12.7 Å². The number of aromatic nitrogens is 2. The highest BCUT2D eigenvalue weighted by Gasteiger charge is 2.18. The molecule has 3 aromatic rings. The van der Waals surface area contributed by atoms with Crippen LogP contribution in [0.1, 0.15) is 5.56 Å². The Labute approximate surface area is 132 Å². The topological polar surface area (TPSA) is 74.7 Å². The first-order valence-corrected chi connectivity index (χ1v) is 7.32. The summed E-state index contributed by atoms with van der Waals surface area (Å²) >= 11 is 0. The van der Waals surface area contributed by atoms with Crippen LogP contribution >= 0.6 is 0 Å². The van der Waals surface area contributed by atoms with Crippen LogP contribution in [0.25, 0.3) is 10.9 Å². The normalized spacial score (nSPS) is 13.7. The van der Waals surface area contributed by atoms with Crippen molar-refractivity contribution in [1.29, 1.82) is 0 Å². The number of nitrogens with zero attached hydrogens (tertiary/aromatic N) is 3. The lowest BCUT2D eigenvalue weighted by atomic mass is 10.2. The average Bonchev–Trinajstić information content (AvgIpc) is 3.04. The number of nitrogen functional groups attached to an aromatic ring is 1. The van der Waals surface area contributed by atoms with Gasteiger partial charge in [0.25, 0.3) is 0 Å². The van der Waals surface area contributed by atoms with Gasteiger partial charge in [-0.05, 0) is 11.6 Å². The van der Waals surface area contributed by atoms with Gasteiger partial charge in [-0.15, -0.1) is 0 Å². The Bertz CT molecular complexity index is 948. The van der Waals surface area contributed by atoms with E-state index >= 15 is 0 Å². The van der Waals surface area contributed by atoms with Crippen molar-refractivity contribution in [2.45, 2.75) is 6.54 Å². The SMILES string of the molecule is CN=c1nc(N)n(Cc2ccccc2)c2cc3c(cc12)OCO3. The molecule has 2 aromatic carbocycles. The van der Waals surface area contributed by atoms with Crippen LogP contribution in [0.5, 0.6) is 11.5 Å². The number of nitrogens with two attached hydrogens (primary N) is 1. The Balaban J connectivity index is 1.98. The maximum Gasteiger partial charge on any atom is 0.231 e. The highest BCUT2D eigenvalue weighted by Crippen LogP contribution is 2.35. The molecular weight excluding hydrogens is 292 g/mol. The van der Waals surface area contributed by atoms with Crippen molar-refractivity contribution in [2.24, 2.45) is 4.99 Å². The summed E-state index contributed by atoms with van der Waals surface area (Å²) in [5.74, 6) is 1.84. The van der Waals surface area contributed by atoms with Crippen LogP contribution in [0.4, 0.5) is 5.95 Å². The van der Waals surface area contributed by atoms with Crippen LogP contribution in [-0.4, -0.2) is 23.4 Å². The number of rotatable bonds is 2. The second-order valence-electron chi connectivity index (χ2n) is 5.31. The first-order valence-electron chi connectivity index (χ1n) is 7.32. The molecule has 6 heteroatoms. The molecule has 4 rings (SSSR count). The highest BCUT2D eigenvalue weighted by atomic mass is 16.7. The largest absolute Gasteiger partial charge is 0.454 e. The van der Waals surface area contributed by atoms with E-state index in [2.05, 4.69) is 22.1 Å². The second-order valence-corrected chi connectivity index (χ2v) is 5.31. The lowest BCUT2D eigenvalue weighted by molar-refractivity contribution is 0.174. The van der Waals surface area contributed by atoms with Gasteiger partial charge in [0, 0.05) is 18.5 Å². The minimum absolute atomic E-state index is 0.228. The van der Waals surface area contributed by atoms with Crippen molar-refractivity contribution in [3.05, 3.63) is 53.5 Å². The van der Waals surface area contributed by atoms with Gasteiger partial charge in [-0.25, -0.2) is 0 Å². The molecule has 0 spiro atoms. The number of benzene rings is 2. The van der Waals surface area contributed by atoms with Crippen molar-refractivity contribution < 1.29 is 9.47 Å². The van der Waals surface area contributed by atoms with Gasteiger partial charge in [-0.1, -0.05) is 30.3 Å². The zero-order valence-corrected chi connectivity index (χ0v) is 12.7. The smallest absolute Gasteiger partial charge is 0.231 e. The van der Waals surface area contributed by atoms with Crippen molar-refractivity contribution >= 4 is 16.9 Å². The summed E-state index contributed by atoms with van der Waals surface area (Å²) in [4.78, 5) is 8.65. The van der Waals surface area contributed by atoms with Gasteiger partial charge in [-0.3, -0.25) is 4.99 Å². The summed E-state index contributed by atoms with van der Waals surface area (Å²) in [5.41, 5.74) is 8.84. The summed E-state index contributed by atoms with van der Waals surface area (Å²) in [6.45, 7) is 0.853. The molecule has 2 N–H and O–H groups in total. The van der Waals surface area contributed by atoms with Crippen molar-refractivity contribution in [2.75, 3.05) is 19.6 Å². The third-order valence-electron chi connectivity index (χ3n) is 3.91. The zero-order chi connectivity index (χ0) is 15.8. The minimum atomic E-state index is 0.228. The van der Waals surface area contributed by atoms with Crippen LogP contribution in [0.3, 0.4) is 0 Å². The summed E-state index contributed by atoms with van der Waals surface area (Å²) in [7, 11) is 1.70. The van der Waals surface area contributed by atoms with Gasteiger partial charge in [0.15, 0.2) is 17.0 Å². The van der Waals surface area contributed by atoms with E-state index in [1.807, 2.05) is 34.9 Å². The Kier molecular flexibility index (Phi) is 3.15. The van der Waals surface area contributed by atoms with Crippen LogP contribution in [0.15, 0.2) is 47.5 Å². The predicted octanol–water partition coefficient (Wildman–Crippen LogP) is 1.93. The molecule has 0 saturated heterocycles. The third-order valence-corrected chi connectivity index (χ3v) is 3.91. The van der Waals surface area contributed by atoms with Gasteiger partial charge in [0.05, 0.1) is 12.1 Å². The zero-order valence-electron chi connectivity index (χ0n) is 12.7. The lowest BCUT2D eigenvalue weighted by Crippen LogP contribution is -2.19. The maximum absolute atomic E-state index is 6.18. The molecule has 1 aromatic heterocycles. The molecule has 0 atom stereocenters. The first kappa shape index (κ1) is 13.6. The summed E-state index contributed by atoms with van der Waals surface area (Å²) in [6.07, 6.45) is 0. The summed E-state index contributed by atoms with van der Waals surface area (Å²) in [5, 5.41) is 0.891. The van der Waals surface area contributed by atoms with Crippen LogP contribution in [0.2, 0.25) is 0 Å². The third kappa shape index (κ3) is 2.28. The van der Waals surface area contributed by atoms with Crippen LogP contribution < -0.4 is 20.7 Å². The standard InChI is InChI=1S/C17H16N4O2/c1-19-16-12-7-14-15(23-10-22-14)8-13(12)21(17(18)20-16)9-11-5-3-2-4-6-11/h2-8H,9-10H2,1H3,(H2,18,19,20). The Morgan fingerprint density at radius 3 is 2.65 bits per heavy atom. The fourth-order valence-corrected chi connectivity index (χ4v) is 2.79. The Morgan fingerprint density at radius 2 is 1.91 bits per heavy atom. The molecule has 0 unspecified atom stereocenters. The molecular formula is C17H16N4O2. The van der Waals surface area contributed by atoms with E-state index < -0.39 is 0 Å². The van der Waals surface area contributed by atoms with Gasteiger partial charge in [0.1, 0.15) is 0 Å². The van der Waals surface area contributed by atoms with Crippen molar-refractivity contribution in [3.8, 4) is 11.5 Å². The molecule has 116 valence electrons. The second kappa shape index (κ2) is 5.31. The lowest BCUT2D eigenvalue weighted by Gasteiger charge is -2.14. The predicted molar refractivity (Wildman–Crippen MR) is 87.3 cm³/mol. The van der Waals surface area contributed by atoms with E-state index in [-0.39, 0.29) is 6.79 Å². The molecule has 0 amide bonds. The van der Waals surface area contributed by atoms with Gasteiger partial charge < -0.3 is 19.8 Å². The Hall–Kier alpha value is -3.02. The number of anilines is 1. The Morgan fingerprint density at radius 1 is 1.17 bits per heavy atom. The van der Waals surface area contributed by atoms with Crippen molar-refractivity contribution in [1.82, 2.24) is 9.55 Å². The number of ether oxygens (including phenoxy) is 2. The summed E-state index contributed by atoms with van der Waals surface area (Å²) < 4.78 is 12.9. The summed E-state index contributed by atoms with van der Waals surface area (Å²) in [6, 6.07) is 14.0. The van der Waals surface area contributed by atoms with E-state index in [1.54, 1.807) is 7.05 Å². The monoisotopic (exact) mass is 308 g/mol. The quantitative estimate of drug-likeness (QED) is 0.785. The molecule has 0 bridgehead atoms. The molecule has 1 aliphatic heterocycles. The minimum Gasteiger partial charge on any atom is -0.454 e. The molecule has 0 radical (unpaired) electrons. The maximum atomic E-state index is 6.18. The fraction of sp³-hybridized carbons (Fsp3) is 0.176. The van der Waals surface area contributed by atoms with Crippen LogP contribution in [-0.2, 0) is 6.54 Å². The molecule has 0 aliphatic carbocycles. The van der Waals surface area contributed by atoms with Crippen LogP contribution in [0, 0.1) is 0 Å². The van der Waals surface area contributed by atoms with Crippen molar-refractivity contribution in [3.63, 3.8) is 0 Å². The van der Waals surface area contributed by atoms with E-state index in [0.717, 1.165) is 16.5 Å². The number of fused-ring (bicyclic) bond motifs is 2. The fourth-order valence-electron chi connectivity index (χ4n) is 2.79. The van der Waals surface area contributed by atoms with E-state index in [9.17, 15) is 0 Å². The molecule has 1 aliphatic rings. The average molecular weight is 308 g/mol. The molecule has 23 heavy (non-hydrogen) atoms. The van der Waals surface area contributed by atoms with Gasteiger partial charge >= 0.3 is 0 Å². The molecule has 2 heterocycles. The molecule has 0 fully saturated rings. The van der Waals surface area contributed by atoms with E-state index in [4.69, 9.17) is 15.2 Å². The van der Waals surface area contributed by atoms with E-state index in [1.165, 1.54) is 0 Å².